The van der Waals surface area contributed by atoms with E-state index >= 15 is 0 Å². The van der Waals surface area contributed by atoms with Crippen LogP contribution in [0.2, 0.25) is 0 Å². The second-order valence-electron chi connectivity index (χ2n) is 9.96. The minimum Gasteiger partial charge on any atom is -0.507 e. The molecule has 222 valence electrons. The second kappa shape index (κ2) is 10.7. The molecule has 2 aromatic carbocycles. The molecular formula is C26H28O15. The maximum Gasteiger partial charge on any atom is 0.197 e. The Labute approximate surface area is 229 Å². The van der Waals surface area contributed by atoms with Crippen molar-refractivity contribution in [3.63, 3.8) is 0 Å². The quantitative estimate of drug-likeness (QED) is 0.148. The van der Waals surface area contributed by atoms with Gasteiger partial charge in [0.2, 0.25) is 0 Å². The second-order valence-corrected chi connectivity index (χ2v) is 9.96. The number of rotatable bonds is 4. The van der Waals surface area contributed by atoms with Gasteiger partial charge in [0.05, 0.1) is 24.3 Å². The van der Waals surface area contributed by atoms with Crippen LogP contribution in [0.3, 0.4) is 0 Å². The van der Waals surface area contributed by atoms with Crippen molar-refractivity contribution in [1.82, 2.24) is 0 Å². The summed E-state index contributed by atoms with van der Waals surface area (Å²) < 4.78 is 16.8. The monoisotopic (exact) mass is 580 g/mol. The number of aliphatic hydroxyl groups excluding tert-OH is 7. The molecule has 0 spiro atoms. The van der Waals surface area contributed by atoms with Gasteiger partial charge in [0, 0.05) is 11.6 Å². The number of phenolic OH excluding ortho intramolecular Hbond substituents is 4. The van der Waals surface area contributed by atoms with Gasteiger partial charge in [-0.25, -0.2) is 0 Å². The molecule has 0 radical (unpaired) electrons. The summed E-state index contributed by atoms with van der Waals surface area (Å²) in [6.07, 6.45) is -16.0. The van der Waals surface area contributed by atoms with Gasteiger partial charge in [-0.05, 0) is 18.2 Å². The summed E-state index contributed by atoms with van der Waals surface area (Å²) in [5.41, 5.74) is -2.64. The van der Waals surface area contributed by atoms with Gasteiger partial charge >= 0.3 is 0 Å². The van der Waals surface area contributed by atoms with Gasteiger partial charge in [0.15, 0.2) is 22.5 Å². The number of aromatic hydroxyl groups is 4. The van der Waals surface area contributed by atoms with Crippen LogP contribution in [-0.4, -0.2) is 112 Å². The van der Waals surface area contributed by atoms with E-state index in [1.54, 1.807) is 0 Å². The minimum atomic E-state index is -2.01. The Morgan fingerprint density at radius 1 is 0.756 bits per heavy atom. The van der Waals surface area contributed by atoms with E-state index in [0.29, 0.717) is 0 Å². The highest BCUT2D eigenvalue weighted by Crippen LogP contribution is 2.50. The number of phenols is 4. The van der Waals surface area contributed by atoms with E-state index in [2.05, 4.69) is 0 Å². The molecule has 15 heteroatoms. The summed E-state index contributed by atoms with van der Waals surface area (Å²) >= 11 is 0. The molecule has 9 atom stereocenters. The average molecular weight is 580 g/mol. The van der Waals surface area contributed by atoms with Crippen molar-refractivity contribution in [2.45, 2.75) is 54.9 Å². The van der Waals surface area contributed by atoms with Crippen molar-refractivity contribution >= 4 is 11.0 Å². The van der Waals surface area contributed by atoms with Crippen molar-refractivity contribution in [3.05, 3.63) is 45.6 Å². The zero-order valence-corrected chi connectivity index (χ0v) is 21.0. The van der Waals surface area contributed by atoms with Crippen LogP contribution in [0.5, 0.6) is 23.0 Å². The fourth-order valence-corrected chi connectivity index (χ4v) is 5.16. The first-order valence-electron chi connectivity index (χ1n) is 12.4. The molecule has 5 rings (SSSR count). The highest BCUT2D eigenvalue weighted by molar-refractivity contribution is 5.92. The van der Waals surface area contributed by atoms with Gasteiger partial charge in [-0.3, -0.25) is 4.79 Å². The van der Waals surface area contributed by atoms with Crippen LogP contribution >= 0.6 is 0 Å². The topological polar surface area (TPSA) is 271 Å². The van der Waals surface area contributed by atoms with Gasteiger partial charge in [-0.15, -0.1) is 0 Å². The summed E-state index contributed by atoms with van der Waals surface area (Å²) in [4.78, 5) is 13.4. The lowest BCUT2D eigenvalue weighted by Crippen LogP contribution is -2.55. The van der Waals surface area contributed by atoms with Gasteiger partial charge in [0.1, 0.15) is 77.6 Å². The Balaban J connectivity index is 1.81. The zero-order valence-electron chi connectivity index (χ0n) is 21.0. The fraction of sp³-hybridized carbons (Fsp3) is 0.423. The number of benzene rings is 2. The van der Waals surface area contributed by atoms with Gasteiger partial charge in [-0.2, -0.15) is 0 Å². The Morgan fingerprint density at radius 2 is 1.44 bits per heavy atom. The molecule has 3 aromatic rings. The van der Waals surface area contributed by atoms with Gasteiger partial charge < -0.3 is 70.1 Å². The average Bonchev–Trinajstić information content (AvgIpc) is 2.93. The fourth-order valence-electron chi connectivity index (χ4n) is 5.16. The van der Waals surface area contributed by atoms with Crippen LogP contribution in [0.1, 0.15) is 23.3 Å². The van der Waals surface area contributed by atoms with Crippen molar-refractivity contribution in [2.24, 2.45) is 0 Å². The molecule has 0 bridgehead atoms. The number of aliphatic hydroxyl groups is 7. The van der Waals surface area contributed by atoms with Gasteiger partial charge in [0.25, 0.3) is 0 Å². The highest BCUT2D eigenvalue weighted by Gasteiger charge is 2.48. The largest absolute Gasteiger partial charge is 0.507 e. The first-order valence-corrected chi connectivity index (χ1v) is 12.4. The summed E-state index contributed by atoms with van der Waals surface area (Å²) in [5.74, 6) is -3.21. The molecule has 11 N–H and O–H groups in total. The Morgan fingerprint density at radius 3 is 2.10 bits per heavy atom. The van der Waals surface area contributed by atoms with Crippen molar-refractivity contribution < 1.29 is 70.1 Å². The predicted octanol–water partition coefficient (Wildman–Crippen LogP) is -2.05. The Bertz CT molecular complexity index is 1520. The molecular weight excluding hydrogens is 552 g/mol. The van der Waals surface area contributed by atoms with Crippen LogP contribution in [0, 0.1) is 0 Å². The molecule has 3 heterocycles. The summed E-state index contributed by atoms with van der Waals surface area (Å²) in [6.45, 7) is -1.39. The van der Waals surface area contributed by atoms with Crippen LogP contribution in [-0.2, 0) is 9.47 Å². The molecule has 2 fully saturated rings. The third kappa shape index (κ3) is 4.66. The maximum atomic E-state index is 13.4. The van der Waals surface area contributed by atoms with E-state index in [4.69, 9.17) is 13.9 Å². The Kier molecular flexibility index (Phi) is 7.58. The lowest BCUT2D eigenvalue weighted by molar-refractivity contribution is -0.232. The predicted molar refractivity (Wildman–Crippen MR) is 134 cm³/mol. The van der Waals surface area contributed by atoms with Crippen LogP contribution in [0.25, 0.3) is 22.3 Å². The summed E-state index contributed by atoms with van der Waals surface area (Å²) in [5, 5.41) is 113. The molecule has 1 aromatic heterocycles. The minimum absolute atomic E-state index is 0.0720. The van der Waals surface area contributed by atoms with Crippen molar-refractivity contribution in [3.8, 4) is 34.3 Å². The molecule has 2 aliphatic rings. The molecule has 0 aliphatic carbocycles. The first-order chi connectivity index (χ1) is 19.4. The molecule has 2 aliphatic heterocycles. The summed E-state index contributed by atoms with van der Waals surface area (Å²) in [7, 11) is 0. The standard InChI is InChI=1S/C26H28O15/c27-5-13-18(33)21(36)23(38)26(41-13)15-19(34)14-10(30)4-12(7-1-2-8(28)9(29)3-7)40-24(14)16(20(15)35)25-22(37)17(32)11(31)6-39-25/h1-4,11,13,17-18,21-23,25-29,31-38H,5-6H2/t11-,13+,17-,18+,21-,22+,23+,25-,26?/m0/s1. The van der Waals surface area contributed by atoms with Crippen LogP contribution in [0.4, 0.5) is 0 Å². The van der Waals surface area contributed by atoms with Crippen molar-refractivity contribution in [2.75, 3.05) is 13.2 Å². The molecule has 41 heavy (non-hydrogen) atoms. The van der Waals surface area contributed by atoms with E-state index in [9.17, 15) is 61.0 Å². The zero-order chi connectivity index (χ0) is 29.9. The SMILES string of the molecule is O=c1cc(-c2ccc(O)c(O)c2)oc2c([C@@H]3OC[C@H](O)[C@H](O)[C@H]3O)c(O)c(C3O[C@H](CO)[C@@H](O)[C@H](O)[C@H]3O)c(O)c12. The van der Waals surface area contributed by atoms with E-state index in [0.717, 1.165) is 18.2 Å². The first kappa shape index (κ1) is 29.0. The molecule has 15 nitrogen and oxygen atoms in total. The number of ether oxygens (including phenoxy) is 2. The normalized spacial score (nSPS) is 32.3. The lowest BCUT2D eigenvalue weighted by atomic mass is 9.85. The van der Waals surface area contributed by atoms with E-state index in [-0.39, 0.29) is 11.3 Å². The molecule has 1 unspecified atom stereocenters. The van der Waals surface area contributed by atoms with Crippen LogP contribution in [0.15, 0.2) is 33.5 Å². The van der Waals surface area contributed by atoms with E-state index in [1.807, 2.05) is 0 Å². The number of hydrogen-bond acceptors (Lipinski definition) is 15. The summed E-state index contributed by atoms with van der Waals surface area (Å²) in [6, 6.07) is 4.36. The smallest absolute Gasteiger partial charge is 0.197 e. The maximum absolute atomic E-state index is 13.4. The van der Waals surface area contributed by atoms with Crippen LogP contribution < -0.4 is 5.43 Å². The van der Waals surface area contributed by atoms with E-state index < -0.39 is 119 Å². The molecule has 0 saturated carbocycles. The van der Waals surface area contributed by atoms with Gasteiger partial charge in [-0.1, -0.05) is 0 Å². The van der Waals surface area contributed by atoms with Crippen molar-refractivity contribution in [1.29, 1.82) is 0 Å². The lowest BCUT2D eigenvalue weighted by Gasteiger charge is -2.41. The molecule has 0 amide bonds. The Hall–Kier alpha value is -3.51. The number of fused-ring (bicyclic) bond motifs is 1. The third-order valence-corrected chi connectivity index (χ3v) is 7.42. The highest BCUT2D eigenvalue weighted by atomic mass is 16.5. The molecule has 2 saturated heterocycles. The number of hydrogen-bond donors (Lipinski definition) is 11. The van der Waals surface area contributed by atoms with E-state index in [1.165, 1.54) is 6.07 Å². The third-order valence-electron chi connectivity index (χ3n) is 7.42.